The lowest BCUT2D eigenvalue weighted by molar-refractivity contribution is -0.140. The summed E-state index contributed by atoms with van der Waals surface area (Å²) < 4.78 is 0. The molecule has 2 saturated carbocycles. The van der Waals surface area contributed by atoms with Crippen molar-refractivity contribution in [3.8, 4) is 0 Å². The van der Waals surface area contributed by atoms with E-state index in [0.717, 1.165) is 44.3 Å². The lowest BCUT2D eigenvalue weighted by atomic mass is 9.79. The van der Waals surface area contributed by atoms with E-state index in [2.05, 4.69) is 12.2 Å². The van der Waals surface area contributed by atoms with Gasteiger partial charge in [0.25, 0.3) is 0 Å². The van der Waals surface area contributed by atoms with E-state index in [9.17, 15) is 9.59 Å². The second-order valence-corrected chi connectivity index (χ2v) is 8.19. The van der Waals surface area contributed by atoms with Crippen LogP contribution in [0.3, 0.4) is 0 Å². The van der Waals surface area contributed by atoms with E-state index in [1.54, 1.807) is 0 Å². The average molecular weight is 313 g/mol. The minimum Gasteiger partial charge on any atom is -0.481 e. The van der Waals surface area contributed by atoms with E-state index in [4.69, 9.17) is 5.11 Å². The minimum absolute atomic E-state index is 0.0605. The maximum absolute atomic E-state index is 12.3. The van der Waals surface area contributed by atoms with Crippen molar-refractivity contribution in [2.45, 2.75) is 76.0 Å². The monoisotopic (exact) mass is 313 g/mol. The molecule has 0 aromatic rings. The van der Waals surface area contributed by atoms with Gasteiger partial charge in [0.1, 0.15) is 0 Å². The lowest BCUT2D eigenvalue weighted by Crippen LogP contribution is -2.37. The summed E-state index contributed by atoms with van der Waals surface area (Å²) >= 11 is 1.98. The largest absolute Gasteiger partial charge is 0.481 e. The summed E-state index contributed by atoms with van der Waals surface area (Å²) in [6.45, 7) is 2.17. The van der Waals surface area contributed by atoms with Gasteiger partial charge in [0.15, 0.2) is 0 Å². The van der Waals surface area contributed by atoms with Crippen molar-refractivity contribution in [1.82, 2.24) is 5.32 Å². The van der Waals surface area contributed by atoms with Crippen molar-refractivity contribution in [1.29, 1.82) is 0 Å². The number of carbonyl (C=O) groups is 2. The van der Waals surface area contributed by atoms with Crippen LogP contribution in [-0.4, -0.2) is 34.0 Å². The number of hydrogen-bond acceptors (Lipinski definition) is 3. The van der Waals surface area contributed by atoms with Gasteiger partial charge >= 0.3 is 5.97 Å². The van der Waals surface area contributed by atoms with E-state index in [-0.39, 0.29) is 17.7 Å². The maximum Gasteiger partial charge on any atom is 0.303 e. The Bertz CT molecular complexity index is 380. The number of thioether (sulfide) groups is 1. The number of nitrogens with one attached hydrogen (secondary N) is 1. The first kappa shape index (κ1) is 16.7. The molecule has 4 nitrogen and oxygen atoms in total. The quantitative estimate of drug-likeness (QED) is 0.757. The third-order valence-electron chi connectivity index (χ3n) is 4.88. The molecule has 120 valence electrons. The Kier molecular flexibility index (Phi) is 5.97. The SMILES string of the molecule is CCSC1CCC(NC(=O)CC2(CC(=O)O)CCCC2)C1. The van der Waals surface area contributed by atoms with Crippen LogP contribution in [0.1, 0.15) is 64.7 Å². The molecule has 0 heterocycles. The lowest BCUT2D eigenvalue weighted by Gasteiger charge is -2.27. The second kappa shape index (κ2) is 7.52. The molecule has 0 bridgehead atoms. The maximum atomic E-state index is 12.3. The number of rotatable bonds is 7. The summed E-state index contributed by atoms with van der Waals surface area (Å²) in [5.41, 5.74) is -0.286. The molecule has 0 aliphatic heterocycles. The molecule has 2 fully saturated rings. The highest BCUT2D eigenvalue weighted by Crippen LogP contribution is 2.44. The van der Waals surface area contributed by atoms with Crippen LogP contribution in [0.4, 0.5) is 0 Å². The summed E-state index contributed by atoms with van der Waals surface area (Å²) in [6.07, 6.45) is 7.71. The van der Waals surface area contributed by atoms with Crippen molar-refractivity contribution >= 4 is 23.6 Å². The third kappa shape index (κ3) is 4.90. The first-order valence-electron chi connectivity index (χ1n) is 8.16. The summed E-state index contributed by atoms with van der Waals surface area (Å²) in [5, 5.41) is 12.9. The molecule has 0 radical (unpaired) electrons. The normalized spacial score (nSPS) is 27.7. The molecule has 2 aliphatic carbocycles. The van der Waals surface area contributed by atoms with Gasteiger partial charge in [-0.05, 0) is 43.3 Å². The van der Waals surface area contributed by atoms with Crippen molar-refractivity contribution in [2.24, 2.45) is 5.41 Å². The van der Waals surface area contributed by atoms with Gasteiger partial charge in [-0.2, -0.15) is 11.8 Å². The molecule has 2 atom stereocenters. The minimum atomic E-state index is -0.773. The van der Waals surface area contributed by atoms with Crippen molar-refractivity contribution in [2.75, 3.05) is 5.75 Å². The summed E-state index contributed by atoms with van der Waals surface area (Å²) in [6, 6.07) is 0.296. The Morgan fingerprint density at radius 1 is 1.24 bits per heavy atom. The highest BCUT2D eigenvalue weighted by Gasteiger charge is 2.38. The summed E-state index contributed by atoms with van der Waals surface area (Å²) in [4.78, 5) is 23.4. The highest BCUT2D eigenvalue weighted by atomic mass is 32.2. The number of hydrogen-bond donors (Lipinski definition) is 2. The predicted molar refractivity (Wildman–Crippen MR) is 85.5 cm³/mol. The fraction of sp³-hybridized carbons (Fsp3) is 0.875. The standard InChI is InChI=1S/C16H27NO3S/c1-2-21-13-6-5-12(9-13)17-14(18)10-16(11-15(19)20)7-3-4-8-16/h12-13H,2-11H2,1H3,(H,17,18)(H,19,20). The van der Waals surface area contributed by atoms with Gasteiger partial charge in [-0.25, -0.2) is 0 Å². The van der Waals surface area contributed by atoms with Crippen LogP contribution in [0.25, 0.3) is 0 Å². The first-order chi connectivity index (χ1) is 10.0. The van der Waals surface area contributed by atoms with Crippen LogP contribution in [0.5, 0.6) is 0 Å². The average Bonchev–Trinajstić information content (AvgIpc) is 2.99. The van der Waals surface area contributed by atoms with Crippen molar-refractivity contribution in [3.05, 3.63) is 0 Å². The van der Waals surface area contributed by atoms with Crippen LogP contribution in [-0.2, 0) is 9.59 Å². The van der Waals surface area contributed by atoms with E-state index in [1.807, 2.05) is 11.8 Å². The van der Waals surface area contributed by atoms with Crippen LogP contribution in [0.2, 0.25) is 0 Å². The second-order valence-electron chi connectivity index (χ2n) is 6.61. The molecule has 5 heteroatoms. The Morgan fingerprint density at radius 3 is 2.57 bits per heavy atom. The Balaban J connectivity index is 1.81. The zero-order valence-corrected chi connectivity index (χ0v) is 13.7. The first-order valence-corrected chi connectivity index (χ1v) is 9.21. The topological polar surface area (TPSA) is 66.4 Å². The number of carbonyl (C=O) groups excluding carboxylic acids is 1. The summed E-state index contributed by atoms with van der Waals surface area (Å²) in [5.74, 6) is 0.419. The highest BCUT2D eigenvalue weighted by molar-refractivity contribution is 7.99. The Hall–Kier alpha value is -0.710. The number of carboxylic acid groups (broad SMARTS) is 1. The Morgan fingerprint density at radius 2 is 1.95 bits per heavy atom. The van der Waals surface area contributed by atoms with Gasteiger partial charge < -0.3 is 10.4 Å². The van der Waals surface area contributed by atoms with Crippen LogP contribution in [0.15, 0.2) is 0 Å². The molecule has 0 spiro atoms. The van der Waals surface area contributed by atoms with E-state index >= 15 is 0 Å². The number of carboxylic acids is 1. The van der Waals surface area contributed by atoms with Gasteiger partial charge in [-0.15, -0.1) is 0 Å². The Labute approximate surface area is 131 Å². The molecule has 0 aromatic carbocycles. The molecule has 1 amide bonds. The van der Waals surface area contributed by atoms with Gasteiger partial charge in [0, 0.05) is 17.7 Å². The zero-order valence-electron chi connectivity index (χ0n) is 12.9. The molecule has 2 rings (SSSR count). The predicted octanol–water partition coefficient (Wildman–Crippen LogP) is 3.20. The molecule has 2 aliphatic rings. The third-order valence-corrected chi connectivity index (χ3v) is 6.11. The summed E-state index contributed by atoms with van der Waals surface area (Å²) in [7, 11) is 0. The van der Waals surface area contributed by atoms with E-state index < -0.39 is 5.97 Å². The van der Waals surface area contributed by atoms with Crippen LogP contribution < -0.4 is 5.32 Å². The van der Waals surface area contributed by atoms with Crippen molar-refractivity contribution < 1.29 is 14.7 Å². The molecule has 2 N–H and O–H groups in total. The van der Waals surface area contributed by atoms with E-state index in [1.165, 1.54) is 6.42 Å². The molecule has 21 heavy (non-hydrogen) atoms. The van der Waals surface area contributed by atoms with Crippen LogP contribution in [0, 0.1) is 5.41 Å². The fourth-order valence-electron chi connectivity index (χ4n) is 3.94. The molecular weight excluding hydrogens is 286 g/mol. The molecule has 0 aromatic heterocycles. The van der Waals surface area contributed by atoms with Gasteiger partial charge in [-0.1, -0.05) is 19.8 Å². The van der Waals surface area contributed by atoms with Crippen molar-refractivity contribution in [3.63, 3.8) is 0 Å². The van der Waals surface area contributed by atoms with E-state index in [0.29, 0.717) is 17.7 Å². The fourth-order valence-corrected chi connectivity index (χ4v) is 5.08. The van der Waals surface area contributed by atoms with Gasteiger partial charge in [0.2, 0.25) is 5.91 Å². The van der Waals surface area contributed by atoms with Crippen LogP contribution >= 0.6 is 11.8 Å². The van der Waals surface area contributed by atoms with Gasteiger partial charge in [0.05, 0.1) is 6.42 Å². The molecular formula is C16H27NO3S. The zero-order chi connectivity index (χ0) is 15.3. The molecule has 2 unspecified atom stereocenters. The smallest absolute Gasteiger partial charge is 0.303 e. The molecule has 0 saturated heterocycles. The number of aliphatic carboxylic acids is 1. The number of amides is 1. The van der Waals surface area contributed by atoms with Gasteiger partial charge in [-0.3, -0.25) is 9.59 Å².